The van der Waals surface area contributed by atoms with E-state index in [1.807, 2.05) is 12.4 Å². The fourth-order valence-electron chi connectivity index (χ4n) is 7.93. The van der Waals surface area contributed by atoms with Crippen LogP contribution in [0.15, 0.2) is 91.4 Å². The SMILES string of the molecule is Fc1c(F)c(F)c([B-](c2c(F)c(F)c(F)c(F)c2F)(c2c(F)c(F)c(F)c(F)c2F)c2c(F)c(F)c(F)c(F)c2F)c(F)c1F.c1ccc(C[n+]2ccncc2Cc2ccc3ccccc3c2)cc1. The highest BCUT2D eigenvalue weighted by Crippen LogP contribution is 2.31. The highest BCUT2D eigenvalue weighted by Gasteiger charge is 2.52. The summed E-state index contributed by atoms with van der Waals surface area (Å²) in [4.78, 5) is 4.32. The molecule has 0 unspecified atom stereocenters. The van der Waals surface area contributed by atoms with Gasteiger partial charge in [0.2, 0.25) is 5.69 Å². The third-order valence-corrected chi connectivity index (χ3v) is 11.0. The Morgan fingerprint density at radius 2 is 0.681 bits per heavy atom. The van der Waals surface area contributed by atoms with Gasteiger partial charge >= 0.3 is 0 Å². The van der Waals surface area contributed by atoms with Gasteiger partial charge in [-0.1, -0.05) is 72.8 Å². The highest BCUT2D eigenvalue weighted by molar-refractivity contribution is 7.20. The summed E-state index contributed by atoms with van der Waals surface area (Å²) in [6, 6.07) is 25.7. The number of benzene rings is 7. The van der Waals surface area contributed by atoms with E-state index in [0.717, 1.165) is 13.0 Å². The molecule has 2 nitrogen and oxygen atoms in total. The van der Waals surface area contributed by atoms with E-state index in [0.29, 0.717) is 0 Å². The molecular weight excluding hydrogens is 971 g/mol. The molecule has 0 N–H and O–H groups in total. The predicted molar refractivity (Wildman–Crippen MR) is 206 cm³/mol. The lowest BCUT2D eigenvalue weighted by atomic mass is 9.12. The Morgan fingerprint density at radius 3 is 1.06 bits per heavy atom. The van der Waals surface area contributed by atoms with Gasteiger partial charge in [0.25, 0.3) is 0 Å². The first kappa shape index (κ1) is 49.4. The van der Waals surface area contributed by atoms with Crippen molar-refractivity contribution in [2.24, 2.45) is 0 Å². The minimum Gasteiger partial charge on any atom is -0.252 e. The Kier molecular flexibility index (Phi) is 13.6. The molecule has 8 rings (SSSR count). The molecule has 0 fully saturated rings. The molecule has 356 valence electrons. The number of aromatic nitrogens is 2. The van der Waals surface area contributed by atoms with E-state index in [-0.39, 0.29) is 0 Å². The van der Waals surface area contributed by atoms with E-state index in [9.17, 15) is 52.7 Å². The summed E-state index contributed by atoms with van der Waals surface area (Å²) in [5.41, 5.74) is -10.5. The van der Waals surface area contributed by atoms with Crippen LogP contribution in [0, 0.1) is 116 Å². The first-order valence-electron chi connectivity index (χ1n) is 19.2. The zero-order valence-corrected chi connectivity index (χ0v) is 33.6. The molecule has 0 aliphatic carbocycles. The lowest BCUT2D eigenvalue weighted by Gasteiger charge is -2.44. The molecule has 0 amide bonds. The fourth-order valence-corrected chi connectivity index (χ4v) is 7.93. The minimum atomic E-state index is -7.22. The summed E-state index contributed by atoms with van der Waals surface area (Å²) in [7, 11) is 0. The maximum absolute atomic E-state index is 15.4. The van der Waals surface area contributed by atoms with Gasteiger partial charge in [-0.25, -0.2) is 87.8 Å². The van der Waals surface area contributed by atoms with Crippen LogP contribution in [-0.2, 0) is 13.0 Å². The molecule has 69 heavy (non-hydrogen) atoms. The van der Waals surface area contributed by atoms with Crippen LogP contribution < -0.4 is 26.4 Å². The van der Waals surface area contributed by atoms with Crippen LogP contribution in [0.3, 0.4) is 0 Å². The highest BCUT2D eigenvalue weighted by atomic mass is 19.2. The third kappa shape index (κ3) is 8.15. The van der Waals surface area contributed by atoms with Crippen molar-refractivity contribution in [1.29, 1.82) is 0 Å². The smallest absolute Gasteiger partial charge is 0.204 e. The van der Waals surface area contributed by atoms with Crippen LogP contribution in [0.4, 0.5) is 87.8 Å². The second-order valence-corrected chi connectivity index (χ2v) is 14.8. The van der Waals surface area contributed by atoms with Crippen molar-refractivity contribution in [3.63, 3.8) is 0 Å². The lowest BCUT2D eigenvalue weighted by molar-refractivity contribution is -0.695. The lowest BCUT2D eigenvalue weighted by Crippen LogP contribution is -2.81. The summed E-state index contributed by atoms with van der Waals surface area (Å²) in [6.45, 7) is 0.867. The molecule has 0 bridgehead atoms. The van der Waals surface area contributed by atoms with E-state index in [2.05, 4.69) is 88.5 Å². The van der Waals surface area contributed by atoms with Gasteiger partial charge in [-0.05, 0) is 16.3 Å². The summed E-state index contributed by atoms with van der Waals surface area (Å²) in [5, 5.41) is 2.57. The van der Waals surface area contributed by atoms with Crippen LogP contribution in [-0.4, -0.2) is 11.1 Å². The Morgan fingerprint density at radius 1 is 0.348 bits per heavy atom. The Hall–Kier alpha value is -7.46. The third-order valence-electron chi connectivity index (χ3n) is 11.0. The molecule has 0 aliphatic rings. The van der Waals surface area contributed by atoms with Gasteiger partial charge in [0.15, 0.2) is 82.5 Å². The quantitative estimate of drug-likeness (QED) is 0.0488. The van der Waals surface area contributed by atoms with Gasteiger partial charge in [0, 0.05) is 5.56 Å². The topological polar surface area (TPSA) is 16.8 Å². The zero-order chi connectivity index (χ0) is 50.5. The van der Waals surface area contributed by atoms with Gasteiger partial charge in [-0.15, -0.1) is 21.9 Å². The first-order valence-corrected chi connectivity index (χ1v) is 19.2. The van der Waals surface area contributed by atoms with Gasteiger partial charge in [-0.3, -0.25) is 4.98 Å². The normalized spacial score (nSPS) is 11.6. The van der Waals surface area contributed by atoms with Crippen molar-refractivity contribution in [3.05, 3.63) is 225 Å². The molecule has 7 aromatic carbocycles. The van der Waals surface area contributed by atoms with Crippen LogP contribution in [0.2, 0.25) is 0 Å². The Labute approximate surface area is 373 Å². The zero-order valence-electron chi connectivity index (χ0n) is 33.6. The molecule has 1 heterocycles. The van der Waals surface area contributed by atoms with Gasteiger partial charge in [0.1, 0.15) is 52.7 Å². The maximum atomic E-state index is 15.4. The molecule has 0 aliphatic heterocycles. The van der Waals surface area contributed by atoms with Gasteiger partial charge in [0.05, 0.1) is 18.8 Å². The van der Waals surface area contributed by atoms with Crippen LogP contribution in [0.1, 0.15) is 16.8 Å². The van der Waals surface area contributed by atoms with Crippen molar-refractivity contribution < 1.29 is 92.4 Å². The number of hydrogen-bond acceptors (Lipinski definition) is 1. The molecule has 0 radical (unpaired) electrons. The summed E-state index contributed by atoms with van der Waals surface area (Å²) in [6.07, 6.45) is -0.453. The maximum Gasteiger partial charge on any atom is 0.204 e. The van der Waals surface area contributed by atoms with Gasteiger partial charge < -0.3 is 0 Å². The average Bonchev–Trinajstić information content (AvgIpc) is 3.35. The van der Waals surface area contributed by atoms with Crippen LogP contribution >= 0.6 is 0 Å². The average molecular weight is 990 g/mol. The molecule has 0 atom stereocenters. The van der Waals surface area contributed by atoms with E-state index in [1.165, 1.54) is 27.6 Å². The van der Waals surface area contributed by atoms with Crippen molar-refractivity contribution in [2.75, 3.05) is 0 Å². The van der Waals surface area contributed by atoms with Crippen molar-refractivity contribution in [3.8, 4) is 0 Å². The molecular formula is C46H19BF20N2. The van der Waals surface area contributed by atoms with Crippen molar-refractivity contribution in [1.82, 2.24) is 4.98 Å². The second kappa shape index (κ2) is 18.9. The second-order valence-electron chi connectivity index (χ2n) is 14.8. The van der Waals surface area contributed by atoms with Gasteiger partial charge in [-0.2, -0.15) is 4.57 Å². The van der Waals surface area contributed by atoms with Crippen molar-refractivity contribution >= 4 is 38.8 Å². The predicted octanol–water partition coefficient (Wildman–Crippen LogP) is 10.0. The summed E-state index contributed by atoms with van der Waals surface area (Å²) >= 11 is 0. The number of nitrogens with zero attached hydrogens (tertiary/aromatic N) is 2. The molecule has 0 spiro atoms. The van der Waals surface area contributed by atoms with Crippen molar-refractivity contribution in [2.45, 2.75) is 13.0 Å². The largest absolute Gasteiger partial charge is 0.252 e. The summed E-state index contributed by atoms with van der Waals surface area (Å²) < 4.78 is 296. The Bertz CT molecular complexity index is 2970. The minimum absolute atomic E-state index is 0.867. The summed E-state index contributed by atoms with van der Waals surface area (Å²) in [5.74, 6) is -71.4. The first-order chi connectivity index (χ1) is 32.6. The molecule has 0 saturated carbocycles. The standard InChI is InChI=1S/C24BF20.C22H19N2/c26-5-1(6(27)14(35)21(42)13(5)34)25(2-7(28)15(36)22(43)16(37)8(2)29,3-9(30)17(38)23(44)18(39)10(3)31)4-11(32)19(40)24(45)20(41)12(4)33;1-2-6-18(7-3-1)17-24-13-12-23-16-22(24)15-19-10-11-20-8-4-5-9-21(20)14-19/h;1-14,16H,15,17H2/q-1;+1. The number of fused-ring (bicyclic) bond motifs is 1. The molecule has 1 aromatic heterocycles. The number of hydrogen-bond donors (Lipinski definition) is 0. The Balaban J connectivity index is 0.000000244. The monoisotopic (exact) mass is 990 g/mol. The fraction of sp³-hybridized carbons (Fsp3) is 0.0435. The molecule has 8 aromatic rings. The number of rotatable bonds is 8. The van der Waals surface area contributed by atoms with E-state index < -0.39 is 144 Å². The molecule has 23 heteroatoms. The van der Waals surface area contributed by atoms with Crippen LogP contribution in [0.5, 0.6) is 0 Å². The van der Waals surface area contributed by atoms with E-state index in [1.54, 1.807) is 0 Å². The van der Waals surface area contributed by atoms with E-state index in [4.69, 9.17) is 0 Å². The molecule has 0 saturated heterocycles. The van der Waals surface area contributed by atoms with E-state index >= 15 is 35.1 Å². The van der Waals surface area contributed by atoms with Crippen LogP contribution in [0.25, 0.3) is 10.8 Å². The number of halogens is 20.